The van der Waals surface area contributed by atoms with Gasteiger partial charge in [-0.15, -0.1) is 24.0 Å². The summed E-state index contributed by atoms with van der Waals surface area (Å²) in [5.41, 5.74) is 0.988. The third kappa shape index (κ3) is 7.89. The number of nitrogens with one attached hydrogen (secondary N) is 1. The molecule has 2 aliphatic heterocycles. The number of guanidine groups is 1. The number of ether oxygens (including phenoxy) is 1. The Bertz CT molecular complexity index is 747. The van der Waals surface area contributed by atoms with Crippen LogP contribution in [0.1, 0.15) is 12.5 Å². The first kappa shape index (κ1) is 25.3. The summed E-state index contributed by atoms with van der Waals surface area (Å²) in [6, 6.07) is 6.48. The lowest BCUT2D eigenvalue weighted by Crippen LogP contribution is -2.54. The molecule has 0 atom stereocenters. The minimum absolute atomic E-state index is 0. The smallest absolute Gasteiger partial charge is 0.269 e. The molecular formula is C20H31IN6O4. The first-order chi connectivity index (χ1) is 14.5. The summed E-state index contributed by atoms with van der Waals surface area (Å²) in [7, 11) is 0. The highest BCUT2D eigenvalue weighted by atomic mass is 127. The number of aliphatic imine (C=N–C) groups is 1. The van der Waals surface area contributed by atoms with Gasteiger partial charge >= 0.3 is 0 Å². The summed E-state index contributed by atoms with van der Waals surface area (Å²) in [6.07, 6.45) is 0. The van der Waals surface area contributed by atoms with Crippen molar-refractivity contribution in [1.82, 2.24) is 20.0 Å². The van der Waals surface area contributed by atoms with Crippen LogP contribution in [0.4, 0.5) is 5.69 Å². The van der Waals surface area contributed by atoms with Crippen LogP contribution in [0.5, 0.6) is 0 Å². The molecule has 0 bridgehead atoms. The van der Waals surface area contributed by atoms with E-state index in [1.807, 2.05) is 4.90 Å². The van der Waals surface area contributed by atoms with Crippen molar-refractivity contribution < 1.29 is 14.5 Å². The Labute approximate surface area is 199 Å². The minimum atomic E-state index is -0.403. The summed E-state index contributed by atoms with van der Waals surface area (Å²) in [5.74, 6) is 0.907. The number of hydrogen-bond acceptors (Lipinski definition) is 6. The van der Waals surface area contributed by atoms with Crippen molar-refractivity contribution in [2.24, 2.45) is 4.99 Å². The molecule has 0 radical (unpaired) electrons. The van der Waals surface area contributed by atoms with E-state index in [0.717, 1.165) is 64.0 Å². The Morgan fingerprint density at radius 3 is 2.29 bits per heavy atom. The first-order valence-corrected chi connectivity index (χ1v) is 10.3. The number of non-ortho nitro benzene ring substituents is 1. The lowest BCUT2D eigenvalue weighted by Gasteiger charge is -2.36. The molecule has 0 saturated carbocycles. The molecule has 10 nitrogen and oxygen atoms in total. The van der Waals surface area contributed by atoms with Crippen molar-refractivity contribution >= 4 is 41.5 Å². The first-order valence-electron chi connectivity index (χ1n) is 10.3. The van der Waals surface area contributed by atoms with Gasteiger partial charge in [-0.05, 0) is 5.56 Å². The van der Waals surface area contributed by atoms with Crippen molar-refractivity contribution in [2.75, 3.05) is 65.6 Å². The average Bonchev–Trinajstić information content (AvgIpc) is 2.77. The van der Waals surface area contributed by atoms with E-state index >= 15 is 0 Å². The predicted molar refractivity (Wildman–Crippen MR) is 129 cm³/mol. The van der Waals surface area contributed by atoms with Crippen molar-refractivity contribution in [1.29, 1.82) is 0 Å². The second-order valence-electron chi connectivity index (χ2n) is 7.44. The molecule has 0 spiro atoms. The number of morpholine rings is 1. The lowest BCUT2D eigenvalue weighted by molar-refractivity contribution is -0.384. The number of amides is 1. The molecule has 2 fully saturated rings. The topological polar surface area (TPSA) is 104 Å². The Balaban J connectivity index is 0.00000341. The zero-order valence-corrected chi connectivity index (χ0v) is 20.2. The number of hydrogen-bond donors (Lipinski definition) is 1. The number of benzene rings is 1. The minimum Gasteiger partial charge on any atom is -0.379 e. The van der Waals surface area contributed by atoms with Crippen LogP contribution in [0.2, 0.25) is 0 Å². The van der Waals surface area contributed by atoms with Crippen LogP contribution in [0.25, 0.3) is 0 Å². The fraction of sp³-hybridized carbons (Fsp3) is 0.600. The molecule has 2 aliphatic rings. The number of carbonyl (C=O) groups excluding carboxylic acids is 1. The quantitative estimate of drug-likeness (QED) is 0.188. The van der Waals surface area contributed by atoms with Crippen LogP contribution in [-0.2, 0) is 16.1 Å². The third-order valence-electron chi connectivity index (χ3n) is 5.40. The molecule has 0 aromatic heterocycles. The molecule has 11 heteroatoms. The normalized spacial score (nSPS) is 17.8. The van der Waals surface area contributed by atoms with Crippen molar-refractivity contribution in [3.63, 3.8) is 0 Å². The number of nitrogens with zero attached hydrogens (tertiary/aromatic N) is 5. The van der Waals surface area contributed by atoms with E-state index in [-0.39, 0.29) is 35.6 Å². The number of piperazine rings is 1. The highest BCUT2D eigenvalue weighted by molar-refractivity contribution is 14.0. The van der Waals surface area contributed by atoms with E-state index in [1.54, 1.807) is 19.1 Å². The van der Waals surface area contributed by atoms with E-state index in [1.165, 1.54) is 12.1 Å². The number of rotatable bonds is 6. The molecule has 1 amide bonds. The second-order valence-corrected chi connectivity index (χ2v) is 7.44. The maximum atomic E-state index is 11.6. The zero-order chi connectivity index (χ0) is 21.3. The monoisotopic (exact) mass is 546 g/mol. The number of nitro groups is 1. The molecule has 3 rings (SSSR count). The molecule has 1 aromatic rings. The largest absolute Gasteiger partial charge is 0.379 e. The molecule has 2 heterocycles. The molecule has 2 saturated heterocycles. The summed E-state index contributed by atoms with van der Waals surface area (Å²) in [4.78, 5) is 33.2. The van der Waals surface area contributed by atoms with Gasteiger partial charge in [-0.1, -0.05) is 12.1 Å². The van der Waals surface area contributed by atoms with Crippen LogP contribution in [0.15, 0.2) is 29.3 Å². The van der Waals surface area contributed by atoms with Crippen molar-refractivity contribution in [3.8, 4) is 0 Å². The summed E-state index contributed by atoms with van der Waals surface area (Å²) in [5, 5.41) is 14.3. The molecule has 172 valence electrons. The van der Waals surface area contributed by atoms with E-state index in [2.05, 4.69) is 15.1 Å². The van der Waals surface area contributed by atoms with Gasteiger partial charge in [-0.2, -0.15) is 0 Å². The van der Waals surface area contributed by atoms with Gasteiger partial charge in [0.05, 0.1) is 24.7 Å². The number of carbonyl (C=O) groups is 1. The summed E-state index contributed by atoms with van der Waals surface area (Å²) < 4.78 is 5.39. The van der Waals surface area contributed by atoms with E-state index in [9.17, 15) is 14.9 Å². The molecule has 0 unspecified atom stereocenters. The standard InChI is InChI=1S/C20H30N6O4.HI/c1-17(27)24-8-10-25(11-9-24)20(21-6-7-23-12-14-30-15-13-23)22-16-18-2-4-19(5-3-18)26(28)29;/h2-5H,6-16H2,1H3,(H,21,22);1H. The highest BCUT2D eigenvalue weighted by Gasteiger charge is 2.21. The van der Waals surface area contributed by atoms with Crippen molar-refractivity contribution in [2.45, 2.75) is 13.5 Å². The van der Waals surface area contributed by atoms with Gasteiger partial charge in [0, 0.05) is 71.4 Å². The average molecular weight is 546 g/mol. The molecule has 0 aliphatic carbocycles. The van der Waals surface area contributed by atoms with Crippen LogP contribution >= 0.6 is 24.0 Å². The fourth-order valence-electron chi connectivity index (χ4n) is 3.54. The van der Waals surface area contributed by atoms with Gasteiger partial charge in [0.15, 0.2) is 5.96 Å². The predicted octanol–water partition coefficient (Wildman–Crippen LogP) is 1.15. The Morgan fingerprint density at radius 2 is 1.71 bits per heavy atom. The maximum Gasteiger partial charge on any atom is 0.269 e. The van der Waals surface area contributed by atoms with Crippen molar-refractivity contribution in [3.05, 3.63) is 39.9 Å². The van der Waals surface area contributed by atoms with Crippen LogP contribution in [0.3, 0.4) is 0 Å². The van der Waals surface area contributed by atoms with Crippen LogP contribution in [0, 0.1) is 10.1 Å². The van der Waals surface area contributed by atoms with E-state index in [0.29, 0.717) is 19.6 Å². The van der Waals surface area contributed by atoms with Gasteiger partial charge in [0.2, 0.25) is 5.91 Å². The lowest BCUT2D eigenvalue weighted by atomic mass is 10.2. The Kier molecular flexibility index (Phi) is 10.4. The molecule has 1 aromatic carbocycles. The summed E-state index contributed by atoms with van der Waals surface area (Å²) >= 11 is 0. The zero-order valence-electron chi connectivity index (χ0n) is 17.9. The second kappa shape index (κ2) is 12.8. The third-order valence-corrected chi connectivity index (χ3v) is 5.40. The van der Waals surface area contributed by atoms with E-state index < -0.39 is 4.92 Å². The van der Waals surface area contributed by atoms with Gasteiger partial charge in [-0.25, -0.2) is 4.99 Å². The molecule has 1 N–H and O–H groups in total. The SMILES string of the molecule is CC(=O)N1CCN(C(=NCc2ccc([N+](=O)[O-])cc2)NCCN2CCOCC2)CC1.I. The number of nitro benzene ring substituents is 1. The Hall–Kier alpha value is -1.99. The molecule has 31 heavy (non-hydrogen) atoms. The van der Waals surface area contributed by atoms with Crippen LogP contribution < -0.4 is 5.32 Å². The maximum absolute atomic E-state index is 11.6. The van der Waals surface area contributed by atoms with Gasteiger partial charge in [-0.3, -0.25) is 19.8 Å². The van der Waals surface area contributed by atoms with Gasteiger partial charge in [0.25, 0.3) is 5.69 Å². The summed E-state index contributed by atoms with van der Waals surface area (Å²) in [6.45, 7) is 9.94. The highest BCUT2D eigenvalue weighted by Crippen LogP contribution is 2.13. The molecular weight excluding hydrogens is 515 g/mol. The van der Waals surface area contributed by atoms with Crippen LogP contribution in [-0.4, -0.2) is 97.1 Å². The van der Waals surface area contributed by atoms with E-state index in [4.69, 9.17) is 9.73 Å². The van der Waals surface area contributed by atoms with Gasteiger partial charge in [0.1, 0.15) is 0 Å². The fourth-order valence-corrected chi connectivity index (χ4v) is 3.54. The Morgan fingerprint density at radius 1 is 1.10 bits per heavy atom. The van der Waals surface area contributed by atoms with Gasteiger partial charge < -0.3 is 19.9 Å². The number of halogens is 1.